The van der Waals surface area contributed by atoms with E-state index < -0.39 is 7.82 Å². The minimum absolute atomic E-state index is 0.169. The van der Waals surface area contributed by atoms with Gasteiger partial charge in [-0.2, -0.15) is 0 Å². The molecule has 0 rings (SSSR count). The van der Waals surface area contributed by atoms with Crippen molar-refractivity contribution in [2.24, 2.45) is 0 Å². The van der Waals surface area contributed by atoms with Crippen molar-refractivity contribution in [3.63, 3.8) is 0 Å². The van der Waals surface area contributed by atoms with Crippen molar-refractivity contribution in [3.8, 4) is 0 Å². The molecule has 38 heavy (non-hydrogen) atoms. The SMILES string of the molecule is CCCCCCCCCCCCCCCCOP(=O)(O)O.CCCCCCCCNCCCCCCCC. The molecule has 0 aliphatic carbocycles. The Morgan fingerprint density at radius 2 is 0.711 bits per heavy atom. The Morgan fingerprint density at radius 1 is 0.447 bits per heavy atom. The smallest absolute Gasteiger partial charge is 0.317 e. The van der Waals surface area contributed by atoms with Gasteiger partial charge in [-0.1, -0.05) is 168 Å². The number of phosphoric ester groups is 1. The van der Waals surface area contributed by atoms with E-state index in [9.17, 15) is 4.57 Å². The lowest BCUT2D eigenvalue weighted by atomic mass is 10.0. The van der Waals surface area contributed by atoms with Gasteiger partial charge in [0.1, 0.15) is 0 Å². The molecular formula is C32H70NO4P. The Labute approximate surface area is 239 Å². The van der Waals surface area contributed by atoms with Crippen LogP contribution >= 0.6 is 7.82 Å². The second kappa shape index (κ2) is 35.1. The van der Waals surface area contributed by atoms with Crippen LogP contribution in [0.1, 0.15) is 188 Å². The molecule has 0 aliphatic heterocycles. The first-order valence-corrected chi connectivity index (χ1v) is 18.4. The van der Waals surface area contributed by atoms with Gasteiger partial charge in [0.25, 0.3) is 0 Å². The molecule has 0 saturated carbocycles. The first-order valence-electron chi connectivity index (χ1n) is 16.9. The number of phosphoric acid groups is 1. The van der Waals surface area contributed by atoms with E-state index in [0.717, 1.165) is 19.3 Å². The van der Waals surface area contributed by atoms with Gasteiger partial charge in [0.2, 0.25) is 0 Å². The van der Waals surface area contributed by atoms with Crippen LogP contribution in [0, 0.1) is 0 Å². The molecule has 0 unspecified atom stereocenters. The molecular weight excluding hydrogens is 493 g/mol. The molecule has 0 aromatic carbocycles. The lowest BCUT2D eigenvalue weighted by molar-refractivity contribution is 0.193. The molecule has 0 amide bonds. The van der Waals surface area contributed by atoms with Gasteiger partial charge in [-0.15, -0.1) is 0 Å². The van der Waals surface area contributed by atoms with Gasteiger partial charge in [0.15, 0.2) is 0 Å². The third kappa shape index (κ3) is 43.1. The molecule has 0 saturated heterocycles. The van der Waals surface area contributed by atoms with Gasteiger partial charge in [0.05, 0.1) is 6.61 Å². The van der Waals surface area contributed by atoms with Gasteiger partial charge in [0, 0.05) is 0 Å². The van der Waals surface area contributed by atoms with Crippen LogP contribution in [-0.2, 0) is 9.09 Å². The summed E-state index contributed by atoms with van der Waals surface area (Å²) in [6, 6.07) is 0. The number of hydrogen-bond donors (Lipinski definition) is 3. The lowest BCUT2D eigenvalue weighted by Gasteiger charge is -2.05. The standard InChI is InChI=1S/C16H35N.C16H35O4P/c1-3-5-7-9-11-13-15-17-16-14-12-10-8-6-4-2;1-2-3-4-5-6-7-8-9-10-11-12-13-14-15-16-20-21(17,18)19/h17H,3-16H2,1-2H3;2-16H2,1H3,(H2,17,18,19). The summed E-state index contributed by atoms with van der Waals surface area (Å²) in [5.41, 5.74) is 0. The maximum absolute atomic E-state index is 10.4. The highest BCUT2D eigenvalue weighted by molar-refractivity contribution is 7.46. The van der Waals surface area contributed by atoms with Crippen molar-refractivity contribution in [1.82, 2.24) is 5.32 Å². The fraction of sp³-hybridized carbons (Fsp3) is 1.00. The highest BCUT2D eigenvalue weighted by Gasteiger charge is 2.12. The normalized spacial score (nSPS) is 11.5. The van der Waals surface area contributed by atoms with Crippen molar-refractivity contribution >= 4 is 7.82 Å². The number of hydrogen-bond acceptors (Lipinski definition) is 3. The van der Waals surface area contributed by atoms with Crippen LogP contribution in [0.2, 0.25) is 0 Å². The van der Waals surface area contributed by atoms with E-state index in [0.29, 0.717) is 0 Å². The zero-order chi connectivity index (χ0) is 28.4. The second-order valence-corrected chi connectivity index (χ2v) is 12.4. The van der Waals surface area contributed by atoms with Crippen LogP contribution in [0.4, 0.5) is 0 Å². The summed E-state index contributed by atoms with van der Waals surface area (Å²) in [5, 5.41) is 3.57. The summed E-state index contributed by atoms with van der Waals surface area (Å²) in [6.07, 6.45) is 34.7. The van der Waals surface area contributed by atoms with Crippen LogP contribution in [0.3, 0.4) is 0 Å². The second-order valence-electron chi connectivity index (χ2n) is 11.2. The van der Waals surface area contributed by atoms with Crippen molar-refractivity contribution in [1.29, 1.82) is 0 Å². The Hall–Kier alpha value is 0.0700. The summed E-state index contributed by atoms with van der Waals surface area (Å²) >= 11 is 0. The number of unbranched alkanes of at least 4 members (excludes halogenated alkanes) is 23. The molecule has 0 radical (unpaired) electrons. The average Bonchev–Trinajstić information content (AvgIpc) is 2.89. The topological polar surface area (TPSA) is 78.8 Å². The summed E-state index contributed by atoms with van der Waals surface area (Å²) in [6.45, 7) is 9.46. The zero-order valence-corrected chi connectivity index (χ0v) is 27.1. The molecule has 0 spiro atoms. The van der Waals surface area contributed by atoms with Crippen LogP contribution in [-0.4, -0.2) is 29.5 Å². The van der Waals surface area contributed by atoms with Gasteiger partial charge in [-0.25, -0.2) is 4.57 Å². The van der Waals surface area contributed by atoms with Crippen molar-refractivity contribution < 1.29 is 18.9 Å². The van der Waals surface area contributed by atoms with Crippen LogP contribution in [0.25, 0.3) is 0 Å². The lowest BCUT2D eigenvalue weighted by Crippen LogP contribution is -2.16. The first-order chi connectivity index (χ1) is 18.5. The van der Waals surface area contributed by atoms with Gasteiger partial charge in [-0.05, 0) is 32.4 Å². The van der Waals surface area contributed by atoms with E-state index in [1.54, 1.807) is 0 Å². The number of rotatable bonds is 30. The molecule has 5 nitrogen and oxygen atoms in total. The van der Waals surface area contributed by atoms with E-state index in [1.165, 1.54) is 161 Å². The fourth-order valence-corrected chi connectivity index (χ4v) is 5.03. The van der Waals surface area contributed by atoms with E-state index >= 15 is 0 Å². The van der Waals surface area contributed by atoms with Crippen LogP contribution < -0.4 is 5.32 Å². The number of nitrogens with one attached hydrogen (secondary N) is 1. The Balaban J connectivity index is 0. The Bertz CT molecular complexity index is 445. The van der Waals surface area contributed by atoms with E-state index in [4.69, 9.17) is 9.79 Å². The monoisotopic (exact) mass is 564 g/mol. The molecule has 0 heterocycles. The molecule has 0 aromatic rings. The van der Waals surface area contributed by atoms with Crippen molar-refractivity contribution in [2.75, 3.05) is 19.7 Å². The first kappa shape index (κ1) is 40.2. The highest BCUT2D eigenvalue weighted by atomic mass is 31.2. The molecule has 0 bridgehead atoms. The maximum Gasteiger partial charge on any atom is 0.469 e. The van der Waals surface area contributed by atoms with E-state index in [2.05, 4.69) is 30.6 Å². The Morgan fingerprint density at radius 3 is 1.00 bits per heavy atom. The Kier molecular flexibility index (Phi) is 37.1. The summed E-state index contributed by atoms with van der Waals surface area (Å²) in [4.78, 5) is 17.0. The fourth-order valence-electron chi connectivity index (χ4n) is 4.67. The molecule has 232 valence electrons. The van der Waals surface area contributed by atoms with Crippen molar-refractivity contribution in [2.45, 2.75) is 188 Å². The molecule has 6 heteroatoms. The minimum atomic E-state index is -4.25. The molecule has 0 aromatic heterocycles. The third-order valence-electron chi connectivity index (χ3n) is 7.17. The van der Waals surface area contributed by atoms with Gasteiger partial charge < -0.3 is 15.1 Å². The highest BCUT2D eigenvalue weighted by Crippen LogP contribution is 2.35. The predicted molar refractivity (Wildman–Crippen MR) is 168 cm³/mol. The zero-order valence-electron chi connectivity index (χ0n) is 26.2. The quantitative estimate of drug-likeness (QED) is 0.0598. The van der Waals surface area contributed by atoms with E-state index in [1.807, 2.05) is 0 Å². The van der Waals surface area contributed by atoms with Crippen LogP contribution in [0.15, 0.2) is 0 Å². The summed E-state index contributed by atoms with van der Waals surface area (Å²) < 4.78 is 14.8. The molecule has 0 atom stereocenters. The van der Waals surface area contributed by atoms with Crippen molar-refractivity contribution in [3.05, 3.63) is 0 Å². The maximum atomic E-state index is 10.4. The van der Waals surface area contributed by atoms with E-state index in [-0.39, 0.29) is 6.61 Å². The average molecular weight is 564 g/mol. The van der Waals surface area contributed by atoms with Gasteiger partial charge in [-0.3, -0.25) is 4.52 Å². The molecule has 3 N–H and O–H groups in total. The largest absolute Gasteiger partial charge is 0.469 e. The van der Waals surface area contributed by atoms with Crippen LogP contribution in [0.5, 0.6) is 0 Å². The minimum Gasteiger partial charge on any atom is -0.317 e. The third-order valence-corrected chi connectivity index (χ3v) is 7.69. The predicted octanol–water partition coefficient (Wildman–Crippen LogP) is 10.9. The summed E-state index contributed by atoms with van der Waals surface area (Å²) in [5.74, 6) is 0. The van der Waals surface area contributed by atoms with Gasteiger partial charge >= 0.3 is 7.82 Å². The summed E-state index contributed by atoms with van der Waals surface area (Å²) in [7, 11) is -4.25. The molecule has 0 aliphatic rings. The molecule has 0 fully saturated rings.